The summed E-state index contributed by atoms with van der Waals surface area (Å²) in [5.74, 6) is -0.0284. The van der Waals surface area contributed by atoms with Gasteiger partial charge in [-0.3, -0.25) is 9.48 Å². The Hall–Kier alpha value is -2.30. The van der Waals surface area contributed by atoms with Crippen LogP contribution in [0.4, 0.5) is 11.4 Å². The molecule has 0 saturated carbocycles. The van der Waals surface area contributed by atoms with Crippen LogP contribution in [0.3, 0.4) is 0 Å². The number of rotatable bonds is 1. The smallest absolute Gasteiger partial charge is 0.276 e. The number of nitrogens with two attached hydrogens (primary N) is 1. The first kappa shape index (κ1) is 10.8. The molecular weight excluding hydrogens is 228 g/mol. The van der Waals surface area contributed by atoms with Crippen molar-refractivity contribution in [3.63, 3.8) is 0 Å². The van der Waals surface area contributed by atoms with Crippen molar-refractivity contribution >= 4 is 17.3 Å². The molecule has 1 aromatic heterocycles. The summed E-state index contributed by atoms with van der Waals surface area (Å²) in [5, 5.41) is 4.03. The fourth-order valence-electron chi connectivity index (χ4n) is 2.33. The van der Waals surface area contributed by atoms with E-state index in [1.807, 2.05) is 18.2 Å². The molecule has 0 fully saturated rings. The highest BCUT2D eigenvalue weighted by Gasteiger charge is 2.27. The highest BCUT2D eigenvalue weighted by molar-refractivity contribution is 6.06. The first-order valence-corrected chi connectivity index (χ1v) is 5.85. The lowest BCUT2D eigenvalue weighted by Gasteiger charge is -2.17. The maximum atomic E-state index is 12.4. The standard InChI is InChI=1S/C13H14N4O/c1-16-11(4-6-15-16)13(18)17-7-5-9-2-3-10(14)8-12(9)17/h2-4,6,8H,5,7,14H2,1H3. The van der Waals surface area contributed by atoms with E-state index in [1.165, 1.54) is 5.56 Å². The minimum Gasteiger partial charge on any atom is -0.399 e. The average molecular weight is 242 g/mol. The van der Waals surface area contributed by atoms with Gasteiger partial charge < -0.3 is 10.6 Å². The molecule has 1 aliphatic heterocycles. The number of hydrogen-bond acceptors (Lipinski definition) is 3. The molecule has 0 bridgehead atoms. The lowest BCUT2D eigenvalue weighted by Crippen LogP contribution is -2.30. The predicted molar refractivity (Wildman–Crippen MR) is 69.4 cm³/mol. The van der Waals surface area contributed by atoms with Gasteiger partial charge in [0.05, 0.1) is 0 Å². The number of fused-ring (bicyclic) bond motifs is 1. The van der Waals surface area contributed by atoms with Gasteiger partial charge in [-0.15, -0.1) is 0 Å². The molecule has 2 heterocycles. The molecule has 0 atom stereocenters. The third kappa shape index (κ3) is 1.55. The monoisotopic (exact) mass is 242 g/mol. The summed E-state index contributed by atoms with van der Waals surface area (Å²) in [6.07, 6.45) is 2.50. The maximum Gasteiger partial charge on any atom is 0.276 e. The molecule has 1 amide bonds. The van der Waals surface area contributed by atoms with Gasteiger partial charge in [-0.25, -0.2) is 0 Å². The summed E-state index contributed by atoms with van der Waals surface area (Å²) in [7, 11) is 1.77. The first-order chi connectivity index (χ1) is 8.66. The molecule has 0 aliphatic carbocycles. The van der Waals surface area contributed by atoms with Gasteiger partial charge in [0.15, 0.2) is 0 Å². The van der Waals surface area contributed by atoms with Gasteiger partial charge in [-0.2, -0.15) is 5.10 Å². The highest BCUT2D eigenvalue weighted by Crippen LogP contribution is 2.30. The zero-order chi connectivity index (χ0) is 12.7. The Labute approximate surface area is 105 Å². The topological polar surface area (TPSA) is 64.2 Å². The van der Waals surface area contributed by atoms with Crippen molar-refractivity contribution in [2.45, 2.75) is 6.42 Å². The van der Waals surface area contributed by atoms with Crippen molar-refractivity contribution < 1.29 is 4.79 Å². The molecule has 2 aromatic rings. The van der Waals surface area contributed by atoms with E-state index in [4.69, 9.17) is 5.73 Å². The minimum absolute atomic E-state index is 0.0284. The molecular formula is C13H14N4O. The molecule has 18 heavy (non-hydrogen) atoms. The van der Waals surface area contributed by atoms with Crippen molar-refractivity contribution in [2.75, 3.05) is 17.2 Å². The summed E-state index contributed by atoms with van der Waals surface area (Å²) in [6.45, 7) is 0.697. The summed E-state index contributed by atoms with van der Waals surface area (Å²) in [5.41, 5.74) is 9.14. The second kappa shape index (κ2) is 3.87. The van der Waals surface area contributed by atoms with Gasteiger partial charge in [-0.05, 0) is 30.2 Å². The second-order valence-electron chi connectivity index (χ2n) is 4.43. The van der Waals surface area contributed by atoms with Crippen molar-refractivity contribution in [2.24, 2.45) is 7.05 Å². The molecule has 1 aromatic carbocycles. The van der Waals surface area contributed by atoms with Crippen molar-refractivity contribution in [1.29, 1.82) is 0 Å². The number of nitrogens with zero attached hydrogens (tertiary/aromatic N) is 3. The predicted octanol–water partition coefficient (Wildman–Crippen LogP) is 1.21. The van der Waals surface area contributed by atoms with Crippen LogP contribution >= 0.6 is 0 Å². The third-order valence-corrected chi connectivity index (χ3v) is 3.29. The molecule has 0 spiro atoms. The second-order valence-corrected chi connectivity index (χ2v) is 4.43. The Morgan fingerprint density at radius 1 is 1.39 bits per heavy atom. The zero-order valence-electron chi connectivity index (χ0n) is 10.1. The SMILES string of the molecule is Cn1nccc1C(=O)N1CCc2ccc(N)cc21. The third-order valence-electron chi connectivity index (χ3n) is 3.29. The fraction of sp³-hybridized carbons (Fsp3) is 0.231. The van der Waals surface area contributed by atoms with E-state index in [9.17, 15) is 4.79 Å². The largest absolute Gasteiger partial charge is 0.399 e. The van der Waals surface area contributed by atoms with Crippen LogP contribution in [0.2, 0.25) is 0 Å². The van der Waals surface area contributed by atoms with Crippen LogP contribution in [-0.2, 0) is 13.5 Å². The van der Waals surface area contributed by atoms with Gasteiger partial charge in [0.25, 0.3) is 5.91 Å². The molecule has 92 valence electrons. The quantitative estimate of drug-likeness (QED) is 0.764. The molecule has 3 rings (SSSR count). The van der Waals surface area contributed by atoms with E-state index in [0.29, 0.717) is 17.9 Å². The number of anilines is 2. The van der Waals surface area contributed by atoms with E-state index in [0.717, 1.165) is 12.1 Å². The van der Waals surface area contributed by atoms with Crippen LogP contribution in [0.15, 0.2) is 30.5 Å². The Kier molecular flexibility index (Phi) is 2.33. The van der Waals surface area contributed by atoms with E-state index in [2.05, 4.69) is 5.10 Å². The molecule has 1 aliphatic rings. The van der Waals surface area contributed by atoms with Crippen LogP contribution in [0.5, 0.6) is 0 Å². The number of carbonyl (C=O) groups is 1. The fourth-order valence-corrected chi connectivity index (χ4v) is 2.33. The Morgan fingerprint density at radius 2 is 2.22 bits per heavy atom. The van der Waals surface area contributed by atoms with Crippen LogP contribution < -0.4 is 10.6 Å². The van der Waals surface area contributed by atoms with Crippen LogP contribution in [0, 0.1) is 0 Å². The summed E-state index contributed by atoms with van der Waals surface area (Å²) >= 11 is 0. The van der Waals surface area contributed by atoms with Crippen molar-refractivity contribution in [1.82, 2.24) is 9.78 Å². The van der Waals surface area contributed by atoms with Gasteiger partial charge in [0.2, 0.25) is 0 Å². The Balaban J connectivity index is 2.00. The molecule has 5 nitrogen and oxygen atoms in total. The van der Waals surface area contributed by atoms with Crippen molar-refractivity contribution in [3.05, 3.63) is 41.7 Å². The van der Waals surface area contributed by atoms with Gasteiger partial charge >= 0.3 is 0 Å². The van der Waals surface area contributed by atoms with Gasteiger partial charge in [0, 0.05) is 31.2 Å². The molecule has 0 saturated heterocycles. The average Bonchev–Trinajstić information content (AvgIpc) is 2.94. The normalized spacial score (nSPS) is 13.7. The van der Waals surface area contributed by atoms with Gasteiger partial charge in [0.1, 0.15) is 5.69 Å². The molecule has 5 heteroatoms. The maximum absolute atomic E-state index is 12.4. The van der Waals surface area contributed by atoms with E-state index >= 15 is 0 Å². The van der Waals surface area contributed by atoms with Crippen LogP contribution in [0.25, 0.3) is 0 Å². The summed E-state index contributed by atoms with van der Waals surface area (Å²) in [6, 6.07) is 7.45. The lowest BCUT2D eigenvalue weighted by atomic mass is 10.1. The summed E-state index contributed by atoms with van der Waals surface area (Å²) < 4.78 is 1.59. The number of carbonyl (C=O) groups excluding carboxylic acids is 1. The van der Waals surface area contributed by atoms with E-state index in [-0.39, 0.29) is 5.91 Å². The zero-order valence-corrected chi connectivity index (χ0v) is 10.1. The van der Waals surface area contributed by atoms with E-state index < -0.39 is 0 Å². The molecule has 0 radical (unpaired) electrons. The number of hydrogen-bond donors (Lipinski definition) is 1. The van der Waals surface area contributed by atoms with Crippen molar-refractivity contribution in [3.8, 4) is 0 Å². The number of benzene rings is 1. The van der Waals surface area contributed by atoms with Gasteiger partial charge in [-0.1, -0.05) is 6.07 Å². The number of aromatic nitrogens is 2. The van der Waals surface area contributed by atoms with E-state index in [1.54, 1.807) is 28.9 Å². The Bertz CT molecular complexity index is 617. The number of amides is 1. The Morgan fingerprint density at radius 3 is 2.94 bits per heavy atom. The van der Waals surface area contributed by atoms with Crippen LogP contribution in [-0.4, -0.2) is 22.2 Å². The molecule has 2 N–H and O–H groups in total. The lowest BCUT2D eigenvalue weighted by molar-refractivity contribution is 0.0980. The number of nitrogen functional groups attached to an aromatic ring is 1. The van der Waals surface area contributed by atoms with Crippen LogP contribution in [0.1, 0.15) is 16.1 Å². The number of aryl methyl sites for hydroxylation is 1. The summed E-state index contributed by atoms with van der Waals surface area (Å²) in [4.78, 5) is 14.2. The molecule has 0 unspecified atom stereocenters. The highest BCUT2D eigenvalue weighted by atomic mass is 16.2. The minimum atomic E-state index is -0.0284. The first-order valence-electron chi connectivity index (χ1n) is 5.85.